The Morgan fingerprint density at radius 2 is 2.00 bits per heavy atom. The van der Waals surface area contributed by atoms with E-state index >= 15 is 0 Å². The van der Waals surface area contributed by atoms with E-state index in [-0.39, 0.29) is 10.5 Å². The number of aliphatic hydroxyl groups is 1. The molecule has 0 radical (unpaired) electrons. The molecule has 3 aromatic heterocycles. The summed E-state index contributed by atoms with van der Waals surface area (Å²) >= 11 is 0. The number of ether oxygens (including phenoxy) is 1. The Morgan fingerprint density at radius 3 is 2.68 bits per heavy atom. The van der Waals surface area contributed by atoms with Gasteiger partial charge in [-0.2, -0.15) is 0 Å². The summed E-state index contributed by atoms with van der Waals surface area (Å²) in [6.45, 7) is 4.36. The second kappa shape index (κ2) is 7.99. The van der Waals surface area contributed by atoms with Crippen molar-refractivity contribution in [3.05, 3.63) is 54.1 Å². The average Bonchev–Trinajstić information content (AvgIpc) is 3.49. The molecule has 5 rings (SSSR count). The van der Waals surface area contributed by atoms with Gasteiger partial charge in [-0.3, -0.25) is 0 Å². The Bertz CT molecular complexity index is 1510. The number of carbonyl (C=O) groups is 1. The van der Waals surface area contributed by atoms with Gasteiger partial charge in [0.2, 0.25) is 0 Å². The molecular weight excluding hydrogens is 460 g/mol. The number of pyridine rings is 1. The number of aromatic nitrogens is 4. The van der Waals surface area contributed by atoms with E-state index in [0.717, 1.165) is 9.54 Å². The van der Waals surface area contributed by atoms with Gasteiger partial charge in [-0.25, -0.2) is 31.8 Å². The minimum atomic E-state index is -3.88. The highest BCUT2D eigenvalue weighted by Crippen LogP contribution is 2.31. The van der Waals surface area contributed by atoms with Crippen LogP contribution in [-0.2, 0) is 14.8 Å². The van der Waals surface area contributed by atoms with Gasteiger partial charge in [0.1, 0.15) is 23.2 Å². The van der Waals surface area contributed by atoms with E-state index in [1.54, 1.807) is 41.9 Å². The molecule has 1 saturated heterocycles. The molecule has 1 aliphatic rings. The lowest BCUT2D eigenvalue weighted by Gasteiger charge is -2.24. The zero-order chi connectivity index (χ0) is 24.2. The molecule has 0 spiro atoms. The smallest absolute Gasteiger partial charge is 0.404 e. The van der Waals surface area contributed by atoms with Crippen molar-refractivity contribution >= 4 is 38.2 Å². The third-order valence-electron chi connectivity index (χ3n) is 5.94. The largest absolute Gasteiger partial charge is 0.444 e. The summed E-state index contributed by atoms with van der Waals surface area (Å²) in [7, 11) is -3.88. The Labute approximate surface area is 195 Å². The summed E-state index contributed by atoms with van der Waals surface area (Å²) in [5.74, 6) is 0.373. The Hall–Kier alpha value is -3.64. The molecule has 4 aromatic rings. The number of benzene rings is 1. The lowest BCUT2D eigenvalue weighted by atomic mass is 10.2. The number of aryl methyl sites for hydroxylation is 1. The van der Waals surface area contributed by atoms with Crippen LogP contribution in [-0.4, -0.2) is 57.4 Å². The van der Waals surface area contributed by atoms with Crippen LogP contribution < -0.4 is 10.7 Å². The number of nitrogens with two attached hydrogens (primary N) is 1. The number of fused-ring (bicyclic) bond motifs is 3. The van der Waals surface area contributed by atoms with Crippen molar-refractivity contribution in [3.8, 4) is 0 Å². The fraction of sp³-hybridized carbons (Fsp3) is 0.318. The van der Waals surface area contributed by atoms with Crippen LogP contribution in [0.2, 0.25) is 0 Å². The summed E-state index contributed by atoms with van der Waals surface area (Å²) in [6.07, 6.45) is 1.36. The van der Waals surface area contributed by atoms with Crippen molar-refractivity contribution in [1.29, 1.82) is 0 Å². The zero-order valence-corrected chi connectivity index (χ0v) is 19.4. The predicted molar refractivity (Wildman–Crippen MR) is 124 cm³/mol. The topological polar surface area (TPSA) is 146 Å². The molecule has 11 nitrogen and oxygen atoms in total. The monoisotopic (exact) mass is 484 g/mol. The highest BCUT2D eigenvalue weighted by atomic mass is 32.2. The zero-order valence-electron chi connectivity index (χ0n) is 18.6. The number of hydrogen-bond donors (Lipinski definition) is 2. The van der Waals surface area contributed by atoms with E-state index < -0.39 is 28.3 Å². The number of rotatable bonds is 5. The van der Waals surface area contributed by atoms with Crippen molar-refractivity contribution in [2.45, 2.75) is 37.4 Å². The molecule has 178 valence electrons. The average molecular weight is 485 g/mol. The normalized spacial score (nSPS) is 17.5. The van der Waals surface area contributed by atoms with Crippen LogP contribution in [0.1, 0.15) is 30.8 Å². The SMILES string of the molecule is Cc1ccc(S(=O)(=O)n2ccc3c2ncc2nc(C(C)O)n(N4CC[C@@H](OC(N)=O)C4)c23)cc1. The van der Waals surface area contributed by atoms with E-state index in [1.807, 2.05) is 11.9 Å². The van der Waals surface area contributed by atoms with Crippen molar-refractivity contribution < 1.29 is 23.1 Å². The van der Waals surface area contributed by atoms with Gasteiger partial charge in [0.15, 0.2) is 11.5 Å². The van der Waals surface area contributed by atoms with E-state index in [2.05, 4.69) is 9.97 Å². The van der Waals surface area contributed by atoms with Gasteiger partial charge in [0, 0.05) is 24.5 Å². The van der Waals surface area contributed by atoms with Crippen molar-refractivity contribution in [3.63, 3.8) is 0 Å². The number of nitrogens with zero attached hydrogens (tertiary/aromatic N) is 5. The minimum Gasteiger partial charge on any atom is -0.444 e. The molecule has 3 N–H and O–H groups in total. The Balaban J connectivity index is 1.67. The first kappa shape index (κ1) is 22.2. The molecule has 1 unspecified atom stereocenters. The number of amides is 1. The van der Waals surface area contributed by atoms with Gasteiger partial charge in [-0.1, -0.05) is 17.7 Å². The maximum absolute atomic E-state index is 13.3. The van der Waals surface area contributed by atoms with Crippen LogP contribution in [0.3, 0.4) is 0 Å². The Kier molecular flexibility index (Phi) is 5.21. The summed E-state index contributed by atoms with van der Waals surface area (Å²) in [4.78, 5) is 20.3. The molecule has 0 aliphatic carbocycles. The van der Waals surface area contributed by atoms with Crippen LogP contribution >= 0.6 is 0 Å². The van der Waals surface area contributed by atoms with Crippen LogP contribution in [0, 0.1) is 6.92 Å². The molecule has 0 saturated carbocycles. The Morgan fingerprint density at radius 1 is 1.26 bits per heavy atom. The lowest BCUT2D eigenvalue weighted by molar-refractivity contribution is 0.116. The first-order valence-electron chi connectivity index (χ1n) is 10.8. The van der Waals surface area contributed by atoms with Crippen LogP contribution in [0.25, 0.3) is 22.1 Å². The quantitative estimate of drug-likeness (QED) is 0.436. The minimum absolute atomic E-state index is 0.154. The maximum atomic E-state index is 13.3. The van der Waals surface area contributed by atoms with Crippen molar-refractivity contribution in [2.24, 2.45) is 5.73 Å². The third-order valence-corrected chi connectivity index (χ3v) is 7.62. The fourth-order valence-corrected chi connectivity index (χ4v) is 5.66. The molecule has 2 atom stereocenters. The van der Waals surface area contributed by atoms with E-state index in [1.165, 1.54) is 12.4 Å². The van der Waals surface area contributed by atoms with Gasteiger partial charge >= 0.3 is 6.09 Å². The molecule has 1 aromatic carbocycles. The molecule has 12 heteroatoms. The molecule has 1 fully saturated rings. The maximum Gasteiger partial charge on any atom is 0.404 e. The van der Waals surface area contributed by atoms with Gasteiger partial charge in [-0.15, -0.1) is 0 Å². The van der Waals surface area contributed by atoms with Gasteiger partial charge in [0.25, 0.3) is 10.0 Å². The molecule has 1 aliphatic heterocycles. The first-order valence-corrected chi connectivity index (χ1v) is 12.2. The van der Waals surface area contributed by atoms with Crippen LogP contribution in [0.5, 0.6) is 0 Å². The number of primary amides is 1. The number of imidazole rings is 1. The number of carbonyl (C=O) groups excluding carboxylic acids is 1. The summed E-state index contributed by atoms with van der Waals surface area (Å²) in [6, 6.07) is 8.29. The lowest BCUT2D eigenvalue weighted by Crippen LogP contribution is -2.36. The number of aliphatic hydroxyl groups excluding tert-OH is 1. The fourth-order valence-electron chi connectivity index (χ4n) is 4.36. The van der Waals surface area contributed by atoms with E-state index in [9.17, 15) is 18.3 Å². The summed E-state index contributed by atoms with van der Waals surface area (Å²) in [5.41, 5.74) is 7.49. The third kappa shape index (κ3) is 3.55. The molecule has 1 amide bonds. The number of hydrogen-bond acceptors (Lipinski definition) is 8. The second-order valence-electron chi connectivity index (χ2n) is 8.38. The standard InChI is InChI=1S/C22H24N6O5S/c1-13-3-5-16(6-4-13)34(31,32)27-10-8-17-19-18(11-24-21(17)27)25-20(14(2)29)28(19)26-9-7-15(12-26)33-22(23)30/h3-6,8,10-11,14-15,29H,7,9,12H2,1-2H3,(H2,23,30)/t14?,15-/m1/s1. The summed E-state index contributed by atoms with van der Waals surface area (Å²) < 4.78 is 34.8. The van der Waals surface area contributed by atoms with Gasteiger partial charge < -0.3 is 20.6 Å². The first-order chi connectivity index (χ1) is 16.2. The molecule has 34 heavy (non-hydrogen) atoms. The molecular formula is C22H24N6O5S. The van der Waals surface area contributed by atoms with E-state index in [0.29, 0.717) is 41.8 Å². The highest BCUT2D eigenvalue weighted by Gasteiger charge is 2.31. The van der Waals surface area contributed by atoms with E-state index in [4.69, 9.17) is 10.5 Å². The second-order valence-corrected chi connectivity index (χ2v) is 10.2. The molecule has 0 bridgehead atoms. The predicted octanol–water partition coefficient (Wildman–Crippen LogP) is 1.79. The highest BCUT2D eigenvalue weighted by molar-refractivity contribution is 7.90. The van der Waals surface area contributed by atoms with Crippen molar-refractivity contribution in [1.82, 2.24) is 18.6 Å². The van der Waals surface area contributed by atoms with Gasteiger partial charge in [0.05, 0.1) is 17.6 Å². The van der Waals surface area contributed by atoms with Gasteiger partial charge in [-0.05, 0) is 32.0 Å². The summed E-state index contributed by atoms with van der Waals surface area (Å²) in [5, 5.41) is 12.9. The van der Waals surface area contributed by atoms with Crippen molar-refractivity contribution in [2.75, 3.05) is 18.1 Å². The van der Waals surface area contributed by atoms with Crippen LogP contribution in [0.15, 0.2) is 47.6 Å². The molecule has 4 heterocycles. The van der Waals surface area contributed by atoms with Crippen LogP contribution in [0.4, 0.5) is 4.79 Å².